The Morgan fingerprint density at radius 3 is 2.52 bits per heavy atom. The quantitative estimate of drug-likeness (QED) is 0.644. The molecule has 6 nitrogen and oxygen atoms in total. The zero-order chi connectivity index (χ0) is 18.2. The number of amides is 1. The summed E-state index contributed by atoms with van der Waals surface area (Å²) in [5, 5.41) is 14.4. The Labute approximate surface area is 145 Å². The van der Waals surface area contributed by atoms with Crippen LogP contribution in [0.15, 0.2) is 36.4 Å². The van der Waals surface area contributed by atoms with Crippen LogP contribution in [0.5, 0.6) is 0 Å². The summed E-state index contributed by atoms with van der Waals surface area (Å²) in [6.45, 7) is 3.60. The van der Waals surface area contributed by atoms with Crippen molar-refractivity contribution in [2.24, 2.45) is 23.2 Å². The molecule has 4 atom stereocenters. The van der Waals surface area contributed by atoms with Gasteiger partial charge in [0, 0.05) is 17.1 Å². The van der Waals surface area contributed by atoms with E-state index in [1.54, 1.807) is 38.1 Å². The predicted molar refractivity (Wildman–Crippen MR) is 88.4 cm³/mol. The fraction of sp³-hybridized carbons (Fsp3) is 0.421. The van der Waals surface area contributed by atoms with Crippen LogP contribution >= 0.6 is 0 Å². The zero-order valence-corrected chi connectivity index (χ0v) is 14.2. The Bertz CT molecular complexity index is 739. The Hall–Kier alpha value is -2.63. The molecule has 3 rings (SSSR count). The van der Waals surface area contributed by atoms with Gasteiger partial charge in [0.05, 0.1) is 18.1 Å². The summed E-state index contributed by atoms with van der Waals surface area (Å²) in [6, 6.07) is 6.33. The molecule has 0 heterocycles. The van der Waals surface area contributed by atoms with E-state index in [1.165, 1.54) is 0 Å². The number of carboxylic acids is 1. The first-order valence-corrected chi connectivity index (χ1v) is 8.35. The monoisotopic (exact) mass is 342 g/mol. The summed E-state index contributed by atoms with van der Waals surface area (Å²) in [6.07, 6.45) is 4.45. The van der Waals surface area contributed by atoms with Gasteiger partial charge in [-0.1, -0.05) is 19.1 Å². The highest BCUT2D eigenvalue weighted by Gasteiger charge is 2.57. The van der Waals surface area contributed by atoms with Crippen LogP contribution < -0.4 is 10.4 Å². The lowest BCUT2D eigenvalue weighted by Crippen LogP contribution is -2.51. The van der Waals surface area contributed by atoms with Crippen LogP contribution in [0.3, 0.4) is 0 Å². The van der Waals surface area contributed by atoms with Crippen LogP contribution in [-0.2, 0) is 14.3 Å². The first-order chi connectivity index (χ1) is 11.9. The maximum absolute atomic E-state index is 12.7. The first-order valence-electron chi connectivity index (χ1n) is 8.35. The van der Waals surface area contributed by atoms with E-state index >= 15 is 0 Å². The van der Waals surface area contributed by atoms with Gasteiger partial charge in [0.25, 0.3) is 0 Å². The molecule has 1 aromatic carbocycles. The second kappa shape index (κ2) is 6.35. The lowest BCUT2D eigenvalue weighted by atomic mass is 9.69. The highest BCUT2D eigenvalue weighted by Crippen LogP contribution is 2.56. The van der Waals surface area contributed by atoms with Crippen LogP contribution in [-0.4, -0.2) is 24.5 Å². The molecule has 1 saturated carbocycles. The van der Waals surface area contributed by atoms with Crippen LogP contribution in [0.1, 0.15) is 30.6 Å². The molecule has 132 valence electrons. The van der Waals surface area contributed by atoms with E-state index in [9.17, 15) is 19.5 Å². The average Bonchev–Trinajstić information content (AvgIpc) is 3.15. The van der Waals surface area contributed by atoms with E-state index in [-0.39, 0.29) is 24.3 Å². The van der Waals surface area contributed by atoms with E-state index < -0.39 is 23.3 Å². The molecule has 0 aromatic heterocycles. The van der Waals surface area contributed by atoms with Gasteiger partial charge in [-0.15, -0.1) is 0 Å². The molecular weight excluding hydrogens is 322 g/mol. The minimum atomic E-state index is -1.20. The largest absolute Gasteiger partial charge is 0.550 e. The Kier molecular flexibility index (Phi) is 4.37. The van der Waals surface area contributed by atoms with Crippen LogP contribution in [0.2, 0.25) is 0 Å². The van der Waals surface area contributed by atoms with Crippen LogP contribution in [0, 0.1) is 23.2 Å². The number of anilines is 1. The number of carbonyl (C=O) groups excluding carboxylic acids is 3. The van der Waals surface area contributed by atoms with Gasteiger partial charge in [0.1, 0.15) is 0 Å². The van der Waals surface area contributed by atoms with Gasteiger partial charge in [-0.25, -0.2) is 4.79 Å². The second-order valence-corrected chi connectivity index (χ2v) is 6.73. The lowest BCUT2D eigenvalue weighted by Gasteiger charge is -2.38. The molecule has 25 heavy (non-hydrogen) atoms. The molecular formula is C19H20NO5-. The fourth-order valence-corrected chi connectivity index (χ4v) is 3.96. The highest BCUT2D eigenvalue weighted by atomic mass is 16.5. The molecule has 0 unspecified atom stereocenters. The standard InChI is InChI=1S/C19H21NO5/c1-3-25-17(22)11-5-8-14(9-6-11)20-16(21)15-12-4-7-13(10-12)19(15,2)18(23)24/h4-9,12-13,15H,3,10H2,1-2H3,(H,20,21)(H,23,24)/p-1/t12-,13+,15+,19-/m1/s1. The number of fused-ring (bicyclic) bond motifs is 2. The van der Waals surface area contributed by atoms with E-state index in [0.717, 1.165) is 0 Å². The molecule has 2 bridgehead atoms. The number of carbonyl (C=O) groups is 3. The first kappa shape index (κ1) is 17.2. The lowest BCUT2D eigenvalue weighted by molar-refractivity contribution is -0.321. The highest BCUT2D eigenvalue weighted by molar-refractivity contribution is 5.98. The molecule has 1 N–H and O–H groups in total. The second-order valence-electron chi connectivity index (χ2n) is 6.73. The third kappa shape index (κ3) is 2.81. The number of hydrogen-bond donors (Lipinski definition) is 1. The SMILES string of the molecule is CCOC(=O)c1ccc(NC(=O)[C@@H]2[C@@H]3C=C[C@@H](C3)[C@@]2(C)C(=O)[O-])cc1. The number of ether oxygens (including phenoxy) is 1. The maximum Gasteiger partial charge on any atom is 0.338 e. The van der Waals surface area contributed by atoms with E-state index in [1.807, 2.05) is 12.2 Å². The summed E-state index contributed by atoms with van der Waals surface area (Å²) >= 11 is 0. The molecule has 2 aliphatic carbocycles. The molecule has 2 aliphatic rings. The molecule has 6 heteroatoms. The van der Waals surface area contributed by atoms with Gasteiger partial charge < -0.3 is 20.0 Å². The molecule has 0 radical (unpaired) electrons. The van der Waals surface area contributed by atoms with E-state index in [4.69, 9.17) is 4.74 Å². The Morgan fingerprint density at radius 2 is 1.92 bits per heavy atom. The van der Waals surface area contributed by atoms with Crippen molar-refractivity contribution in [2.45, 2.75) is 20.3 Å². The number of hydrogen-bond acceptors (Lipinski definition) is 5. The van der Waals surface area contributed by atoms with Gasteiger partial charge in [-0.05, 0) is 49.4 Å². The van der Waals surface area contributed by atoms with Crippen molar-refractivity contribution in [3.8, 4) is 0 Å². The average molecular weight is 342 g/mol. The smallest absolute Gasteiger partial charge is 0.338 e. The molecule has 1 aromatic rings. The van der Waals surface area contributed by atoms with Crippen molar-refractivity contribution in [1.29, 1.82) is 0 Å². The number of nitrogens with one attached hydrogen (secondary N) is 1. The van der Waals surface area contributed by atoms with Crippen molar-refractivity contribution in [1.82, 2.24) is 0 Å². The number of carboxylic acid groups (broad SMARTS) is 1. The van der Waals surface area contributed by atoms with Gasteiger partial charge in [-0.2, -0.15) is 0 Å². The number of rotatable bonds is 5. The van der Waals surface area contributed by atoms with E-state index in [2.05, 4.69) is 5.32 Å². The zero-order valence-electron chi connectivity index (χ0n) is 14.2. The normalized spacial score (nSPS) is 29.4. The summed E-state index contributed by atoms with van der Waals surface area (Å²) in [5.74, 6) is -2.90. The van der Waals surface area contributed by atoms with Crippen molar-refractivity contribution in [3.63, 3.8) is 0 Å². The molecule has 1 amide bonds. The summed E-state index contributed by atoms with van der Waals surface area (Å²) in [5.41, 5.74) is -0.304. The summed E-state index contributed by atoms with van der Waals surface area (Å²) < 4.78 is 4.91. The molecule has 1 fully saturated rings. The third-order valence-corrected chi connectivity index (χ3v) is 5.35. The molecule has 0 aliphatic heterocycles. The van der Waals surface area contributed by atoms with Crippen molar-refractivity contribution in [2.75, 3.05) is 11.9 Å². The minimum absolute atomic E-state index is 0.0910. The topological polar surface area (TPSA) is 95.5 Å². The molecule has 0 saturated heterocycles. The van der Waals surface area contributed by atoms with Gasteiger partial charge in [0.15, 0.2) is 0 Å². The number of benzene rings is 1. The molecule has 0 spiro atoms. The number of esters is 1. The fourth-order valence-electron chi connectivity index (χ4n) is 3.96. The number of aliphatic carboxylic acids is 1. The minimum Gasteiger partial charge on any atom is -0.550 e. The van der Waals surface area contributed by atoms with Crippen LogP contribution in [0.25, 0.3) is 0 Å². The van der Waals surface area contributed by atoms with Crippen LogP contribution in [0.4, 0.5) is 5.69 Å². The van der Waals surface area contributed by atoms with Gasteiger partial charge in [-0.3, -0.25) is 4.79 Å². The summed E-state index contributed by atoms with van der Waals surface area (Å²) in [4.78, 5) is 36.0. The van der Waals surface area contributed by atoms with Gasteiger partial charge >= 0.3 is 5.97 Å². The maximum atomic E-state index is 12.7. The Balaban J connectivity index is 1.75. The van der Waals surface area contributed by atoms with Gasteiger partial charge in [0.2, 0.25) is 5.91 Å². The van der Waals surface area contributed by atoms with Crippen molar-refractivity contribution < 1.29 is 24.2 Å². The third-order valence-electron chi connectivity index (χ3n) is 5.35. The predicted octanol–water partition coefficient (Wildman–Crippen LogP) is 1.38. The van der Waals surface area contributed by atoms with E-state index in [0.29, 0.717) is 17.7 Å². The van der Waals surface area contributed by atoms with Crippen molar-refractivity contribution >= 4 is 23.5 Å². The van der Waals surface area contributed by atoms with Crippen molar-refractivity contribution in [3.05, 3.63) is 42.0 Å². The number of allylic oxidation sites excluding steroid dienone is 2. The Morgan fingerprint density at radius 1 is 1.24 bits per heavy atom. The summed E-state index contributed by atoms with van der Waals surface area (Å²) in [7, 11) is 0.